The molecule has 0 aromatic carbocycles. The SMILES string of the molecule is c1csc(Cc2noc(-c3cscn3)n2)c1. The van der Waals surface area contributed by atoms with Crippen molar-refractivity contribution < 1.29 is 4.52 Å². The van der Waals surface area contributed by atoms with Crippen LogP contribution in [-0.4, -0.2) is 15.1 Å². The summed E-state index contributed by atoms with van der Waals surface area (Å²) in [7, 11) is 0. The quantitative estimate of drug-likeness (QED) is 0.716. The van der Waals surface area contributed by atoms with Crippen LogP contribution < -0.4 is 0 Å². The predicted molar refractivity (Wildman–Crippen MR) is 62.5 cm³/mol. The summed E-state index contributed by atoms with van der Waals surface area (Å²) in [6.07, 6.45) is 0.714. The number of hydrogen-bond donors (Lipinski definition) is 0. The maximum Gasteiger partial charge on any atom is 0.277 e. The molecule has 16 heavy (non-hydrogen) atoms. The van der Waals surface area contributed by atoms with Crippen LogP contribution in [0.15, 0.2) is 32.9 Å². The molecule has 0 atom stereocenters. The molecule has 3 heterocycles. The minimum absolute atomic E-state index is 0.493. The van der Waals surface area contributed by atoms with Crippen molar-refractivity contribution in [3.63, 3.8) is 0 Å². The fraction of sp³-hybridized carbons (Fsp3) is 0.100. The molecule has 0 N–H and O–H groups in total. The minimum Gasteiger partial charge on any atom is -0.332 e. The van der Waals surface area contributed by atoms with Crippen LogP contribution in [0.5, 0.6) is 0 Å². The predicted octanol–water partition coefficient (Wildman–Crippen LogP) is 2.85. The lowest BCUT2D eigenvalue weighted by atomic mass is 10.3. The van der Waals surface area contributed by atoms with Gasteiger partial charge in [-0.3, -0.25) is 0 Å². The maximum atomic E-state index is 5.15. The van der Waals surface area contributed by atoms with E-state index in [2.05, 4.69) is 21.2 Å². The van der Waals surface area contributed by atoms with Crippen LogP contribution in [0.2, 0.25) is 0 Å². The van der Waals surface area contributed by atoms with Gasteiger partial charge in [-0.05, 0) is 11.4 Å². The molecule has 0 aliphatic carbocycles. The van der Waals surface area contributed by atoms with Gasteiger partial charge in [-0.15, -0.1) is 22.7 Å². The zero-order chi connectivity index (χ0) is 10.8. The fourth-order valence-electron chi connectivity index (χ4n) is 1.32. The van der Waals surface area contributed by atoms with Gasteiger partial charge < -0.3 is 4.52 Å². The zero-order valence-corrected chi connectivity index (χ0v) is 9.79. The van der Waals surface area contributed by atoms with Crippen LogP contribution in [0.3, 0.4) is 0 Å². The topological polar surface area (TPSA) is 51.8 Å². The number of hydrogen-bond acceptors (Lipinski definition) is 6. The van der Waals surface area contributed by atoms with Gasteiger partial charge in [0, 0.05) is 16.7 Å². The van der Waals surface area contributed by atoms with Crippen LogP contribution in [0.4, 0.5) is 0 Å². The summed E-state index contributed by atoms with van der Waals surface area (Å²) >= 11 is 3.20. The van der Waals surface area contributed by atoms with Crippen molar-refractivity contribution >= 4 is 22.7 Å². The van der Waals surface area contributed by atoms with Gasteiger partial charge in [0.1, 0.15) is 5.69 Å². The van der Waals surface area contributed by atoms with Gasteiger partial charge in [0.25, 0.3) is 5.89 Å². The largest absolute Gasteiger partial charge is 0.332 e. The van der Waals surface area contributed by atoms with E-state index in [0.717, 1.165) is 5.69 Å². The average molecular weight is 249 g/mol. The van der Waals surface area contributed by atoms with Crippen molar-refractivity contribution in [1.82, 2.24) is 15.1 Å². The third kappa shape index (κ3) is 1.89. The van der Waals surface area contributed by atoms with Crippen LogP contribution in [0, 0.1) is 0 Å². The molecule has 3 aromatic heterocycles. The van der Waals surface area contributed by atoms with Gasteiger partial charge in [0.05, 0.1) is 5.51 Å². The Bertz CT molecular complexity index is 557. The first-order chi connectivity index (χ1) is 7.92. The van der Waals surface area contributed by atoms with Gasteiger partial charge in [-0.2, -0.15) is 4.98 Å². The molecule has 0 saturated heterocycles. The fourth-order valence-corrected chi connectivity index (χ4v) is 2.54. The number of thiophene rings is 1. The van der Waals surface area contributed by atoms with E-state index in [-0.39, 0.29) is 0 Å². The molecular formula is C10H7N3OS2. The summed E-state index contributed by atoms with van der Waals surface area (Å²) in [6.45, 7) is 0. The second-order valence-electron chi connectivity index (χ2n) is 3.15. The first-order valence-corrected chi connectivity index (χ1v) is 6.47. The Balaban J connectivity index is 1.83. The number of thiazole rings is 1. The summed E-state index contributed by atoms with van der Waals surface area (Å²) in [5, 5.41) is 7.86. The van der Waals surface area contributed by atoms with Gasteiger partial charge in [0.15, 0.2) is 5.82 Å². The van der Waals surface area contributed by atoms with Crippen molar-refractivity contribution in [2.75, 3.05) is 0 Å². The summed E-state index contributed by atoms with van der Waals surface area (Å²) in [5.41, 5.74) is 2.49. The zero-order valence-electron chi connectivity index (χ0n) is 8.16. The molecule has 4 nitrogen and oxygen atoms in total. The molecule has 80 valence electrons. The van der Waals surface area contributed by atoms with Crippen molar-refractivity contribution in [3.05, 3.63) is 39.1 Å². The monoisotopic (exact) mass is 249 g/mol. The molecule has 0 aliphatic heterocycles. The van der Waals surface area contributed by atoms with Crippen LogP contribution in [0.1, 0.15) is 10.7 Å². The number of rotatable bonds is 3. The van der Waals surface area contributed by atoms with Crippen molar-refractivity contribution in [1.29, 1.82) is 0 Å². The van der Waals surface area contributed by atoms with Gasteiger partial charge in [-0.25, -0.2) is 4.98 Å². The Kier molecular flexibility index (Phi) is 2.51. The molecule has 3 aromatic rings. The summed E-state index contributed by atoms with van der Waals surface area (Å²) in [4.78, 5) is 9.65. The highest BCUT2D eigenvalue weighted by atomic mass is 32.1. The maximum absolute atomic E-state index is 5.15. The van der Waals surface area contributed by atoms with Crippen LogP contribution in [0.25, 0.3) is 11.6 Å². The minimum atomic E-state index is 0.493. The molecule has 6 heteroatoms. The van der Waals surface area contributed by atoms with Gasteiger partial charge in [-0.1, -0.05) is 11.2 Å². The lowest BCUT2D eigenvalue weighted by Gasteiger charge is -1.87. The molecular weight excluding hydrogens is 242 g/mol. The highest BCUT2D eigenvalue weighted by Crippen LogP contribution is 2.18. The first kappa shape index (κ1) is 9.68. The van der Waals surface area contributed by atoms with Crippen LogP contribution >= 0.6 is 22.7 Å². The van der Waals surface area contributed by atoms with Crippen LogP contribution in [-0.2, 0) is 6.42 Å². The molecule has 0 radical (unpaired) electrons. The average Bonchev–Trinajstić information content (AvgIpc) is 2.99. The van der Waals surface area contributed by atoms with E-state index in [1.165, 1.54) is 16.2 Å². The summed E-state index contributed by atoms with van der Waals surface area (Å²) in [5.74, 6) is 1.19. The second kappa shape index (κ2) is 4.15. The Morgan fingerprint density at radius 3 is 3.12 bits per heavy atom. The van der Waals surface area contributed by atoms with E-state index in [1.54, 1.807) is 16.8 Å². The third-order valence-corrected chi connectivity index (χ3v) is 3.49. The van der Waals surface area contributed by atoms with Crippen molar-refractivity contribution in [3.8, 4) is 11.6 Å². The van der Waals surface area contributed by atoms with E-state index in [0.29, 0.717) is 18.1 Å². The lowest BCUT2D eigenvalue weighted by molar-refractivity contribution is 0.423. The van der Waals surface area contributed by atoms with E-state index < -0.39 is 0 Å². The molecule has 0 aliphatic rings. The van der Waals surface area contributed by atoms with Crippen molar-refractivity contribution in [2.45, 2.75) is 6.42 Å². The first-order valence-electron chi connectivity index (χ1n) is 4.65. The Labute approximate surface area is 99.6 Å². The highest BCUT2D eigenvalue weighted by molar-refractivity contribution is 7.09. The normalized spacial score (nSPS) is 10.8. The van der Waals surface area contributed by atoms with E-state index >= 15 is 0 Å². The Morgan fingerprint density at radius 2 is 2.38 bits per heavy atom. The Morgan fingerprint density at radius 1 is 1.38 bits per heavy atom. The Hall–Kier alpha value is -1.53. The molecule has 0 amide bonds. The smallest absolute Gasteiger partial charge is 0.277 e. The van der Waals surface area contributed by atoms with E-state index in [4.69, 9.17) is 4.52 Å². The van der Waals surface area contributed by atoms with Crippen molar-refractivity contribution in [2.24, 2.45) is 0 Å². The van der Waals surface area contributed by atoms with Gasteiger partial charge >= 0.3 is 0 Å². The third-order valence-electron chi connectivity index (χ3n) is 2.03. The highest BCUT2D eigenvalue weighted by Gasteiger charge is 2.10. The summed E-state index contributed by atoms with van der Waals surface area (Å²) in [6, 6.07) is 4.07. The molecule has 0 bridgehead atoms. The molecule has 0 unspecified atom stereocenters. The van der Waals surface area contributed by atoms with Gasteiger partial charge in [0.2, 0.25) is 0 Å². The lowest BCUT2D eigenvalue weighted by Crippen LogP contribution is -1.87. The number of aromatic nitrogens is 3. The second-order valence-corrected chi connectivity index (χ2v) is 4.90. The molecule has 3 rings (SSSR count). The molecule has 0 fully saturated rings. The molecule has 0 saturated carbocycles. The summed E-state index contributed by atoms with van der Waals surface area (Å²) < 4.78 is 5.15. The number of nitrogens with zero attached hydrogens (tertiary/aromatic N) is 3. The van der Waals surface area contributed by atoms with E-state index in [9.17, 15) is 0 Å². The standard InChI is InChI=1S/C10H7N3OS2/c1-2-7(16-3-1)4-9-12-10(14-13-9)8-5-15-6-11-8/h1-3,5-6H,4H2. The van der Waals surface area contributed by atoms with E-state index in [1.807, 2.05) is 16.8 Å². The molecule has 0 spiro atoms.